The first-order valence-electron chi connectivity index (χ1n) is 9.61. The fourth-order valence-electron chi connectivity index (χ4n) is 3.87. The van der Waals surface area contributed by atoms with Crippen molar-refractivity contribution in [3.8, 4) is 0 Å². The number of thiophene rings is 1. The molecule has 1 saturated heterocycles. The molecule has 0 bridgehead atoms. The second-order valence-corrected chi connectivity index (χ2v) is 8.95. The van der Waals surface area contributed by atoms with Crippen molar-refractivity contribution in [2.75, 3.05) is 25.1 Å². The van der Waals surface area contributed by atoms with Gasteiger partial charge in [-0.2, -0.15) is 0 Å². The Labute approximate surface area is 171 Å². The Hall–Kier alpha value is -2.06. The molecule has 4 aromatic rings. The van der Waals surface area contributed by atoms with E-state index in [0.717, 1.165) is 47.9 Å². The van der Waals surface area contributed by atoms with E-state index in [1.165, 1.54) is 15.0 Å². The highest BCUT2D eigenvalue weighted by Crippen LogP contribution is 2.39. The second kappa shape index (κ2) is 7.75. The average molecular weight is 411 g/mol. The van der Waals surface area contributed by atoms with Gasteiger partial charge in [0.15, 0.2) is 0 Å². The van der Waals surface area contributed by atoms with Crippen molar-refractivity contribution in [3.63, 3.8) is 0 Å². The van der Waals surface area contributed by atoms with Gasteiger partial charge in [-0.1, -0.05) is 0 Å². The number of hydrogen-bond acceptors (Lipinski definition) is 7. The van der Waals surface area contributed by atoms with E-state index in [4.69, 9.17) is 4.74 Å². The van der Waals surface area contributed by atoms with Gasteiger partial charge >= 0.3 is 0 Å². The lowest BCUT2D eigenvalue weighted by Gasteiger charge is -2.17. The number of thiazole rings is 1. The Morgan fingerprint density at radius 2 is 2.21 bits per heavy atom. The number of fused-ring (bicyclic) bond motifs is 2. The Kier molecular flexibility index (Phi) is 4.98. The molecule has 1 aromatic carbocycles. The minimum Gasteiger partial charge on any atom is -0.380 e. The van der Waals surface area contributed by atoms with Crippen molar-refractivity contribution in [2.24, 2.45) is 0 Å². The molecule has 28 heavy (non-hydrogen) atoms. The number of hydrogen-bond donors (Lipinski definition) is 2. The van der Waals surface area contributed by atoms with Gasteiger partial charge in [0.25, 0.3) is 0 Å². The molecule has 0 amide bonds. The topological polar surface area (TPSA) is 59.1 Å². The van der Waals surface area contributed by atoms with Crippen molar-refractivity contribution in [2.45, 2.75) is 25.3 Å². The van der Waals surface area contributed by atoms with Crippen LogP contribution in [0.2, 0.25) is 0 Å². The van der Waals surface area contributed by atoms with Crippen LogP contribution in [-0.2, 0) is 4.74 Å². The lowest BCUT2D eigenvalue weighted by Crippen LogP contribution is -2.30. The zero-order valence-electron chi connectivity index (χ0n) is 15.6. The summed E-state index contributed by atoms with van der Waals surface area (Å²) in [5.41, 5.74) is 5.06. The molecule has 0 aliphatic carbocycles. The van der Waals surface area contributed by atoms with E-state index in [1.807, 2.05) is 18.6 Å². The van der Waals surface area contributed by atoms with Crippen LogP contribution >= 0.6 is 22.7 Å². The van der Waals surface area contributed by atoms with E-state index in [2.05, 4.69) is 50.9 Å². The van der Waals surface area contributed by atoms with Crippen LogP contribution in [0.5, 0.6) is 0 Å². The number of benzene rings is 1. The Balaban J connectivity index is 1.45. The summed E-state index contributed by atoms with van der Waals surface area (Å²) in [5.74, 6) is 0.491. The molecular formula is C21H22N4OS2. The van der Waals surface area contributed by atoms with E-state index in [1.54, 1.807) is 22.7 Å². The zero-order valence-corrected chi connectivity index (χ0v) is 17.3. The molecule has 1 aliphatic rings. The third kappa shape index (κ3) is 3.39. The van der Waals surface area contributed by atoms with Crippen molar-refractivity contribution >= 4 is 54.5 Å². The SMILES string of the molecule is CCOCC1NCCC1c1cc2c(Nc3ccc4scnc4c3)ccnc2s1. The molecule has 2 N–H and O–H groups in total. The van der Waals surface area contributed by atoms with Gasteiger partial charge in [0.1, 0.15) is 4.83 Å². The zero-order chi connectivity index (χ0) is 18.9. The third-order valence-electron chi connectivity index (χ3n) is 5.28. The summed E-state index contributed by atoms with van der Waals surface area (Å²) < 4.78 is 6.89. The molecule has 1 fully saturated rings. The molecule has 7 heteroatoms. The molecule has 0 spiro atoms. The predicted octanol–water partition coefficient (Wildman–Crippen LogP) is 5.13. The van der Waals surface area contributed by atoms with Gasteiger partial charge in [-0.3, -0.25) is 0 Å². The van der Waals surface area contributed by atoms with E-state index in [9.17, 15) is 0 Å². The number of nitrogens with one attached hydrogen (secondary N) is 2. The maximum Gasteiger partial charge on any atom is 0.125 e. The summed E-state index contributed by atoms with van der Waals surface area (Å²) in [6, 6.07) is 11.1. The normalized spacial score (nSPS) is 19.6. The highest BCUT2D eigenvalue weighted by atomic mass is 32.1. The van der Waals surface area contributed by atoms with Gasteiger partial charge in [0, 0.05) is 40.7 Å². The van der Waals surface area contributed by atoms with E-state index in [0.29, 0.717) is 12.0 Å². The van der Waals surface area contributed by atoms with Crippen LogP contribution in [0, 0.1) is 0 Å². The van der Waals surface area contributed by atoms with Crippen LogP contribution in [0.1, 0.15) is 24.1 Å². The highest BCUT2D eigenvalue weighted by Gasteiger charge is 2.30. The molecule has 5 rings (SSSR count). The van der Waals surface area contributed by atoms with Crippen LogP contribution in [0.4, 0.5) is 11.4 Å². The first-order valence-corrected chi connectivity index (χ1v) is 11.3. The summed E-state index contributed by atoms with van der Waals surface area (Å²) in [7, 11) is 0. The number of nitrogens with zero attached hydrogens (tertiary/aromatic N) is 2. The van der Waals surface area contributed by atoms with Gasteiger partial charge < -0.3 is 15.4 Å². The van der Waals surface area contributed by atoms with E-state index < -0.39 is 0 Å². The standard InChI is InChI=1S/C21H22N4OS2/c1-2-26-11-18-14(5-7-22-18)20-10-15-16(6-8-23-21(15)28-20)25-13-3-4-19-17(9-13)24-12-27-19/h3-4,6,8-10,12,14,18,22H,2,5,7,11H2,1H3,(H,23,25). The summed E-state index contributed by atoms with van der Waals surface area (Å²) >= 11 is 3.47. The van der Waals surface area contributed by atoms with Crippen molar-refractivity contribution < 1.29 is 4.74 Å². The number of anilines is 2. The largest absolute Gasteiger partial charge is 0.380 e. The molecule has 1 aliphatic heterocycles. The lowest BCUT2D eigenvalue weighted by atomic mass is 9.99. The molecule has 0 saturated carbocycles. The average Bonchev–Trinajstić information content (AvgIpc) is 3.44. The molecular weight excluding hydrogens is 388 g/mol. The van der Waals surface area contributed by atoms with E-state index in [-0.39, 0.29) is 0 Å². The summed E-state index contributed by atoms with van der Waals surface area (Å²) in [5, 5.41) is 8.35. The second-order valence-electron chi connectivity index (χ2n) is 7.00. The lowest BCUT2D eigenvalue weighted by molar-refractivity contribution is 0.124. The molecule has 0 radical (unpaired) electrons. The summed E-state index contributed by atoms with van der Waals surface area (Å²) in [4.78, 5) is 11.5. The van der Waals surface area contributed by atoms with Crippen LogP contribution < -0.4 is 10.6 Å². The smallest absolute Gasteiger partial charge is 0.125 e. The minimum absolute atomic E-state index is 0.386. The molecule has 2 unspecified atom stereocenters. The summed E-state index contributed by atoms with van der Waals surface area (Å²) in [6.45, 7) is 4.62. The molecule has 4 heterocycles. The fourth-order valence-corrected chi connectivity index (χ4v) is 5.75. The Morgan fingerprint density at radius 1 is 1.25 bits per heavy atom. The van der Waals surface area contributed by atoms with Gasteiger partial charge in [0.2, 0.25) is 0 Å². The fraction of sp³-hybridized carbons (Fsp3) is 0.333. The first-order chi connectivity index (χ1) is 13.8. The van der Waals surface area contributed by atoms with Gasteiger partial charge in [-0.15, -0.1) is 22.7 Å². The molecule has 3 aromatic heterocycles. The maximum absolute atomic E-state index is 5.68. The number of rotatable bonds is 6. The van der Waals surface area contributed by atoms with Gasteiger partial charge in [0.05, 0.1) is 28.0 Å². The number of pyridine rings is 1. The minimum atomic E-state index is 0.386. The Morgan fingerprint density at radius 3 is 3.14 bits per heavy atom. The van der Waals surface area contributed by atoms with Gasteiger partial charge in [-0.25, -0.2) is 9.97 Å². The molecule has 5 nitrogen and oxygen atoms in total. The van der Waals surface area contributed by atoms with Crippen molar-refractivity contribution in [1.82, 2.24) is 15.3 Å². The van der Waals surface area contributed by atoms with Gasteiger partial charge in [-0.05, 0) is 50.2 Å². The first kappa shape index (κ1) is 18.0. The monoisotopic (exact) mass is 410 g/mol. The van der Waals surface area contributed by atoms with Crippen LogP contribution in [0.25, 0.3) is 20.4 Å². The third-order valence-corrected chi connectivity index (χ3v) is 7.26. The number of aromatic nitrogens is 2. The van der Waals surface area contributed by atoms with Crippen LogP contribution in [-0.4, -0.2) is 35.8 Å². The maximum atomic E-state index is 5.68. The van der Waals surface area contributed by atoms with Crippen LogP contribution in [0.15, 0.2) is 42.0 Å². The van der Waals surface area contributed by atoms with E-state index >= 15 is 0 Å². The summed E-state index contributed by atoms with van der Waals surface area (Å²) in [6.07, 6.45) is 3.03. The van der Waals surface area contributed by atoms with Crippen molar-refractivity contribution in [3.05, 3.63) is 46.9 Å². The quantitative estimate of drug-likeness (QED) is 0.461. The molecule has 144 valence electrons. The number of ether oxygens (including phenoxy) is 1. The molecule has 2 atom stereocenters. The van der Waals surface area contributed by atoms with Crippen molar-refractivity contribution in [1.29, 1.82) is 0 Å². The highest BCUT2D eigenvalue weighted by molar-refractivity contribution is 7.18. The van der Waals surface area contributed by atoms with Crippen LogP contribution in [0.3, 0.4) is 0 Å². The Bertz CT molecular complexity index is 1110. The predicted molar refractivity (Wildman–Crippen MR) is 118 cm³/mol.